The van der Waals surface area contributed by atoms with Crippen molar-refractivity contribution in [2.45, 2.75) is 19.8 Å². The summed E-state index contributed by atoms with van der Waals surface area (Å²) >= 11 is 0. The van der Waals surface area contributed by atoms with Crippen LogP contribution in [0.1, 0.15) is 24.2 Å². The number of nitrogens with zero attached hydrogens (tertiary/aromatic N) is 2. The maximum absolute atomic E-state index is 7.34. The van der Waals surface area contributed by atoms with Gasteiger partial charge < -0.3 is 9.93 Å². The van der Waals surface area contributed by atoms with Crippen molar-refractivity contribution >= 4 is 5.71 Å². The molecule has 1 N–H and O–H groups in total. The molecular weight excluding hydrogens is 202 g/mol. The van der Waals surface area contributed by atoms with Crippen LogP contribution < -0.4 is 0 Å². The van der Waals surface area contributed by atoms with Gasteiger partial charge in [0.1, 0.15) is 0 Å². The van der Waals surface area contributed by atoms with E-state index in [1.54, 1.807) is 6.92 Å². The topological polar surface area (TPSA) is 62.8 Å². The van der Waals surface area contributed by atoms with Crippen LogP contribution in [0.2, 0.25) is 0 Å². The van der Waals surface area contributed by atoms with Crippen molar-refractivity contribution in [2.24, 2.45) is 0 Å². The molecule has 2 rings (SSSR count). The van der Waals surface area contributed by atoms with Crippen LogP contribution in [0.4, 0.5) is 0 Å². The zero-order valence-corrected chi connectivity index (χ0v) is 9.10. The summed E-state index contributed by atoms with van der Waals surface area (Å²) in [4.78, 5) is 4.23. The van der Waals surface area contributed by atoms with Crippen LogP contribution in [0.3, 0.4) is 0 Å². The van der Waals surface area contributed by atoms with Crippen LogP contribution >= 0.6 is 0 Å². The Labute approximate surface area is 93.8 Å². The summed E-state index contributed by atoms with van der Waals surface area (Å²) < 4.78 is 5.11. The molecule has 0 amide bonds. The molecule has 1 aromatic carbocycles. The van der Waals surface area contributed by atoms with Gasteiger partial charge in [-0.05, 0) is 12.5 Å². The summed E-state index contributed by atoms with van der Waals surface area (Å²) in [7, 11) is 0. The van der Waals surface area contributed by atoms with Gasteiger partial charge in [0.2, 0.25) is 5.89 Å². The third-order valence-corrected chi connectivity index (χ3v) is 2.13. The van der Waals surface area contributed by atoms with Gasteiger partial charge >= 0.3 is 0 Å². The molecule has 0 fully saturated rings. The molecule has 4 heteroatoms. The molecule has 4 nitrogen and oxygen atoms in total. The maximum atomic E-state index is 7.34. The molecule has 0 radical (unpaired) electrons. The summed E-state index contributed by atoms with van der Waals surface area (Å²) in [6.45, 7) is 1.73. The van der Waals surface area contributed by atoms with E-state index < -0.39 is 0 Å². The first-order valence-corrected chi connectivity index (χ1v) is 5.13. The first kappa shape index (κ1) is 10.5. The second-order valence-electron chi connectivity index (χ2n) is 3.72. The first-order chi connectivity index (χ1) is 7.74. The van der Waals surface area contributed by atoms with E-state index in [2.05, 4.69) is 10.1 Å². The van der Waals surface area contributed by atoms with Crippen molar-refractivity contribution in [1.82, 2.24) is 10.1 Å². The normalized spacial score (nSPS) is 10.3. The van der Waals surface area contributed by atoms with E-state index in [-0.39, 0.29) is 0 Å². The van der Waals surface area contributed by atoms with Crippen molar-refractivity contribution in [3.8, 4) is 0 Å². The average molecular weight is 215 g/mol. The van der Waals surface area contributed by atoms with Crippen LogP contribution in [-0.4, -0.2) is 15.9 Å². The number of nitrogens with one attached hydrogen (secondary N) is 1. The minimum Gasteiger partial charge on any atom is -0.339 e. The lowest BCUT2D eigenvalue weighted by molar-refractivity contribution is 0.380. The Hall–Kier alpha value is -1.97. The molecule has 0 unspecified atom stereocenters. The van der Waals surface area contributed by atoms with Gasteiger partial charge in [-0.1, -0.05) is 35.5 Å². The lowest BCUT2D eigenvalue weighted by Crippen LogP contribution is -1.97. The van der Waals surface area contributed by atoms with Gasteiger partial charge in [-0.3, -0.25) is 0 Å². The molecule has 82 valence electrons. The van der Waals surface area contributed by atoms with Crippen molar-refractivity contribution in [2.75, 3.05) is 0 Å². The third-order valence-electron chi connectivity index (χ3n) is 2.13. The standard InChI is InChI=1S/C12H13N3O/c1-9(13)7-11-14-12(16-15-11)8-10-5-3-2-4-6-10/h2-6,13H,7-8H2,1H3. The smallest absolute Gasteiger partial charge is 0.231 e. The summed E-state index contributed by atoms with van der Waals surface area (Å²) in [6.07, 6.45) is 1.10. The van der Waals surface area contributed by atoms with Crippen molar-refractivity contribution in [3.05, 3.63) is 47.6 Å². The summed E-state index contributed by atoms with van der Waals surface area (Å²) in [6, 6.07) is 9.97. The minimum atomic E-state index is 0.457. The second-order valence-corrected chi connectivity index (χ2v) is 3.72. The molecule has 0 aliphatic heterocycles. The molecule has 0 spiro atoms. The van der Waals surface area contributed by atoms with Crippen molar-refractivity contribution in [1.29, 1.82) is 5.41 Å². The minimum absolute atomic E-state index is 0.457. The summed E-state index contributed by atoms with van der Waals surface area (Å²) in [5.74, 6) is 1.18. The van der Waals surface area contributed by atoms with E-state index >= 15 is 0 Å². The number of hydrogen-bond donors (Lipinski definition) is 1. The predicted molar refractivity (Wildman–Crippen MR) is 60.7 cm³/mol. The molecule has 0 saturated carbocycles. The van der Waals surface area contributed by atoms with Gasteiger partial charge in [-0.15, -0.1) is 0 Å². The molecule has 1 aromatic heterocycles. The highest BCUT2D eigenvalue weighted by Crippen LogP contribution is 2.07. The molecule has 1 heterocycles. The van der Waals surface area contributed by atoms with Crippen LogP contribution in [0.25, 0.3) is 0 Å². The lowest BCUT2D eigenvalue weighted by atomic mass is 10.1. The Balaban J connectivity index is 2.06. The van der Waals surface area contributed by atoms with E-state index in [1.807, 2.05) is 30.3 Å². The maximum Gasteiger partial charge on any atom is 0.231 e. The van der Waals surface area contributed by atoms with Gasteiger partial charge in [0.05, 0.1) is 6.42 Å². The number of aromatic nitrogens is 2. The monoisotopic (exact) mass is 215 g/mol. The fourth-order valence-electron chi connectivity index (χ4n) is 1.44. The molecule has 2 aromatic rings. The highest BCUT2D eigenvalue weighted by atomic mass is 16.5. The van der Waals surface area contributed by atoms with E-state index in [0.717, 1.165) is 5.56 Å². The fraction of sp³-hybridized carbons (Fsp3) is 0.250. The Morgan fingerprint density at radius 2 is 2.06 bits per heavy atom. The van der Waals surface area contributed by atoms with Gasteiger partial charge in [0.15, 0.2) is 5.82 Å². The van der Waals surface area contributed by atoms with Gasteiger partial charge in [0.25, 0.3) is 0 Å². The molecule has 0 bridgehead atoms. The molecule has 16 heavy (non-hydrogen) atoms. The molecule has 0 atom stereocenters. The van der Waals surface area contributed by atoms with Gasteiger partial charge in [-0.2, -0.15) is 4.98 Å². The zero-order valence-electron chi connectivity index (χ0n) is 9.10. The van der Waals surface area contributed by atoms with E-state index in [0.29, 0.717) is 30.3 Å². The first-order valence-electron chi connectivity index (χ1n) is 5.13. The zero-order chi connectivity index (χ0) is 11.4. The summed E-state index contributed by atoms with van der Waals surface area (Å²) in [5, 5.41) is 11.2. The largest absolute Gasteiger partial charge is 0.339 e. The lowest BCUT2D eigenvalue weighted by Gasteiger charge is -1.93. The Morgan fingerprint density at radius 1 is 1.31 bits per heavy atom. The van der Waals surface area contributed by atoms with E-state index in [4.69, 9.17) is 9.93 Å². The highest BCUT2D eigenvalue weighted by Gasteiger charge is 2.07. The molecule has 0 saturated heterocycles. The van der Waals surface area contributed by atoms with Crippen LogP contribution in [0, 0.1) is 5.41 Å². The molecule has 0 aliphatic rings. The van der Waals surface area contributed by atoms with Crippen LogP contribution in [0.5, 0.6) is 0 Å². The fourth-order valence-corrected chi connectivity index (χ4v) is 1.44. The predicted octanol–water partition coefficient (Wildman–Crippen LogP) is 2.24. The van der Waals surface area contributed by atoms with Gasteiger partial charge in [-0.25, -0.2) is 0 Å². The third kappa shape index (κ3) is 2.76. The van der Waals surface area contributed by atoms with Crippen molar-refractivity contribution in [3.63, 3.8) is 0 Å². The van der Waals surface area contributed by atoms with Crippen molar-refractivity contribution < 1.29 is 4.52 Å². The van der Waals surface area contributed by atoms with E-state index in [1.165, 1.54) is 0 Å². The average Bonchev–Trinajstić information content (AvgIpc) is 2.66. The molecule has 0 aliphatic carbocycles. The number of hydrogen-bond acceptors (Lipinski definition) is 4. The Morgan fingerprint density at radius 3 is 2.75 bits per heavy atom. The number of rotatable bonds is 4. The van der Waals surface area contributed by atoms with Crippen LogP contribution in [-0.2, 0) is 12.8 Å². The Kier molecular flexibility index (Phi) is 3.10. The Bertz CT molecular complexity index is 476. The SMILES string of the molecule is CC(=N)Cc1noc(Cc2ccccc2)n1. The molecular formula is C12H13N3O. The number of benzene rings is 1. The van der Waals surface area contributed by atoms with E-state index in [9.17, 15) is 0 Å². The highest BCUT2D eigenvalue weighted by molar-refractivity contribution is 5.80. The van der Waals surface area contributed by atoms with Crippen LogP contribution in [0.15, 0.2) is 34.9 Å². The van der Waals surface area contributed by atoms with Gasteiger partial charge in [0, 0.05) is 12.1 Å². The summed E-state index contributed by atoms with van der Waals surface area (Å²) in [5.41, 5.74) is 1.68. The quantitative estimate of drug-likeness (QED) is 0.795. The second kappa shape index (κ2) is 4.70.